The largest absolute Gasteiger partial charge is 0.454 e. The second kappa shape index (κ2) is 7.79. The Kier molecular flexibility index (Phi) is 5.31. The molecule has 0 spiro atoms. The molecule has 0 unspecified atom stereocenters. The number of aromatic nitrogens is 1. The Morgan fingerprint density at radius 1 is 0.933 bits per heavy atom. The Balaban J connectivity index is 1.76. The van der Waals surface area contributed by atoms with Crippen molar-refractivity contribution in [3.8, 4) is 11.5 Å². The lowest BCUT2D eigenvalue weighted by Crippen LogP contribution is -2.14. The molecule has 0 aliphatic carbocycles. The molecule has 0 amide bonds. The number of H-pyrrole nitrogens is 1. The highest BCUT2D eigenvalue weighted by molar-refractivity contribution is 7.93. The normalized spacial score (nSPS) is 11.6. The Morgan fingerprint density at radius 3 is 2.40 bits per heavy atom. The van der Waals surface area contributed by atoms with Gasteiger partial charge in [-0.3, -0.25) is 4.72 Å². The van der Waals surface area contributed by atoms with Gasteiger partial charge in [0.1, 0.15) is 22.3 Å². The van der Waals surface area contributed by atoms with Gasteiger partial charge in [-0.1, -0.05) is 41.4 Å². The maximum absolute atomic E-state index is 14.1. The second-order valence-electron chi connectivity index (χ2n) is 6.22. The Bertz CT molecular complexity index is 1360. The zero-order valence-electron chi connectivity index (χ0n) is 14.9. The van der Waals surface area contributed by atoms with Gasteiger partial charge in [0.15, 0.2) is 5.75 Å². The van der Waals surface area contributed by atoms with Crippen molar-refractivity contribution in [2.75, 3.05) is 4.72 Å². The Morgan fingerprint density at radius 2 is 1.67 bits per heavy atom. The van der Waals surface area contributed by atoms with Crippen LogP contribution in [0.15, 0.2) is 65.7 Å². The first-order chi connectivity index (χ1) is 14.3. The van der Waals surface area contributed by atoms with Crippen LogP contribution in [0.2, 0.25) is 10.0 Å². The van der Waals surface area contributed by atoms with Crippen LogP contribution in [0.5, 0.6) is 11.5 Å². The molecule has 10 heteroatoms. The maximum atomic E-state index is 14.1. The number of halogens is 4. The first kappa shape index (κ1) is 20.5. The van der Waals surface area contributed by atoms with Crippen LogP contribution in [0, 0.1) is 11.6 Å². The number of ether oxygens (including phenoxy) is 1. The average Bonchev–Trinajstić information content (AvgIpc) is 3.14. The van der Waals surface area contributed by atoms with E-state index in [2.05, 4.69) is 4.98 Å². The van der Waals surface area contributed by atoms with Gasteiger partial charge in [-0.15, -0.1) is 0 Å². The van der Waals surface area contributed by atoms with E-state index in [9.17, 15) is 17.2 Å². The van der Waals surface area contributed by atoms with Crippen molar-refractivity contribution >= 4 is 49.8 Å². The van der Waals surface area contributed by atoms with Crippen molar-refractivity contribution in [3.05, 3.63) is 82.5 Å². The number of fused-ring (bicyclic) bond motifs is 1. The van der Waals surface area contributed by atoms with Gasteiger partial charge >= 0.3 is 0 Å². The molecule has 4 aromatic rings. The number of benzene rings is 3. The van der Waals surface area contributed by atoms with E-state index in [-0.39, 0.29) is 21.1 Å². The minimum absolute atomic E-state index is 0.193. The van der Waals surface area contributed by atoms with E-state index < -0.39 is 32.4 Å². The first-order valence-corrected chi connectivity index (χ1v) is 10.7. The molecule has 5 nitrogen and oxygen atoms in total. The maximum Gasteiger partial charge on any atom is 0.264 e. The highest BCUT2D eigenvalue weighted by atomic mass is 35.5. The molecule has 0 aliphatic rings. The van der Waals surface area contributed by atoms with E-state index in [1.807, 2.05) is 10.8 Å². The van der Waals surface area contributed by atoms with Gasteiger partial charge in [0.25, 0.3) is 10.0 Å². The van der Waals surface area contributed by atoms with E-state index in [1.165, 1.54) is 18.3 Å². The minimum Gasteiger partial charge on any atom is -0.454 e. The van der Waals surface area contributed by atoms with Gasteiger partial charge in [0.05, 0.1) is 21.2 Å². The summed E-state index contributed by atoms with van der Waals surface area (Å²) in [4.78, 5) is 2.63. The number of para-hydroxylation sites is 1. The van der Waals surface area contributed by atoms with Gasteiger partial charge < -0.3 is 9.72 Å². The van der Waals surface area contributed by atoms with Gasteiger partial charge in [-0.2, -0.15) is 0 Å². The van der Waals surface area contributed by atoms with Crippen LogP contribution < -0.4 is 9.46 Å². The molecule has 4 rings (SSSR count). The standard InChI is InChI=1S/C20H12Cl2F2N2O3S/c21-13-7-6-12-18(10-25-19(12)20(13)29-11-4-2-1-3-5-11)30(27,28)26-17-9-15(23)14(22)8-16(17)24/h1-10,25-26H. The summed E-state index contributed by atoms with van der Waals surface area (Å²) in [5, 5.41) is 0.0588. The summed E-state index contributed by atoms with van der Waals surface area (Å²) in [5.74, 6) is -1.24. The van der Waals surface area contributed by atoms with Crippen molar-refractivity contribution < 1.29 is 21.9 Å². The molecule has 0 aliphatic heterocycles. The molecule has 3 aromatic carbocycles. The molecule has 0 saturated heterocycles. The quantitative estimate of drug-likeness (QED) is 0.335. The topological polar surface area (TPSA) is 71.2 Å². The first-order valence-electron chi connectivity index (χ1n) is 8.46. The van der Waals surface area contributed by atoms with E-state index >= 15 is 0 Å². The number of rotatable bonds is 5. The SMILES string of the molecule is O=S(=O)(Nc1cc(F)c(Cl)cc1F)c1c[nH]c2c(Oc3ccccc3)c(Cl)ccc12. The Labute approximate surface area is 180 Å². The number of hydrogen-bond donors (Lipinski definition) is 2. The van der Waals surface area contributed by atoms with Gasteiger partial charge in [0, 0.05) is 17.6 Å². The van der Waals surface area contributed by atoms with Crippen LogP contribution in [0.3, 0.4) is 0 Å². The summed E-state index contributed by atoms with van der Waals surface area (Å²) < 4.78 is 61.3. The van der Waals surface area contributed by atoms with Crippen molar-refractivity contribution in [2.45, 2.75) is 4.90 Å². The van der Waals surface area contributed by atoms with E-state index in [1.54, 1.807) is 24.3 Å². The molecular formula is C20H12Cl2F2N2O3S. The second-order valence-corrected chi connectivity index (χ2v) is 8.68. The van der Waals surface area contributed by atoms with Crippen molar-refractivity contribution in [2.24, 2.45) is 0 Å². The van der Waals surface area contributed by atoms with Crippen LogP contribution in [-0.4, -0.2) is 13.4 Å². The number of hydrogen-bond acceptors (Lipinski definition) is 3. The third kappa shape index (κ3) is 3.81. The van der Waals surface area contributed by atoms with Crippen LogP contribution in [0.25, 0.3) is 10.9 Å². The fourth-order valence-electron chi connectivity index (χ4n) is 2.85. The summed E-state index contributed by atoms with van der Waals surface area (Å²) in [6.45, 7) is 0. The van der Waals surface area contributed by atoms with Crippen LogP contribution in [0.4, 0.5) is 14.5 Å². The predicted molar refractivity (Wildman–Crippen MR) is 112 cm³/mol. The third-order valence-electron chi connectivity index (χ3n) is 4.23. The van der Waals surface area contributed by atoms with Crippen molar-refractivity contribution in [1.82, 2.24) is 4.98 Å². The number of nitrogens with one attached hydrogen (secondary N) is 2. The third-order valence-corrected chi connectivity index (χ3v) is 6.22. The average molecular weight is 469 g/mol. The molecule has 30 heavy (non-hydrogen) atoms. The molecule has 1 heterocycles. The van der Waals surface area contributed by atoms with E-state index in [0.29, 0.717) is 23.4 Å². The summed E-state index contributed by atoms with van der Waals surface area (Å²) in [6, 6.07) is 13.1. The minimum atomic E-state index is -4.28. The predicted octanol–water partition coefficient (Wildman–Crippen LogP) is 6.35. The molecule has 0 atom stereocenters. The molecule has 0 saturated carbocycles. The summed E-state index contributed by atoms with van der Waals surface area (Å²) in [6.07, 6.45) is 1.21. The lowest BCUT2D eigenvalue weighted by molar-refractivity contribution is 0.487. The van der Waals surface area contributed by atoms with Crippen LogP contribution in [-0.2, 0) is 10.0 Å². The highest BCUT2D eigenvalue weighted by Crippen LogP contribution is 2.39. The van der Waals surface area contributed by atoms with E-state index in [0.717, 1.165) is 0 Å². The molecule has 0 bridgehead atoms. The summed E-state index contributed by atoms with van der Waals surface area (Å²) in [5.41, 5.74) is -0.240. The van der Waals surface area contributed by atoms with Crippen molar-refractivity contribution in [3.63, 3.8) is 0 Å². The van der Waals surface area contributed by atoms with Crippen LogP contribution in [0.1, 0.15) is 0 Å². The Hall–Kier alpha value is -2.81. The van der Waals surface area contributed by atoms with Gasteiger partial charge in [-0.05, 0) is 30.3 Å². The van der Waals surface area contributed by atoms with E-state index in [4.69, 9.17) is 27.9 Å². The molecule has 154 valence electrons. The number of sulfonamides is 1. The molecule has 0 fully saturated rings. The molecule has 2 N–H and O–H groups in total. The van der Waals surface area contributed by atoms with Gasteiger partial charge in [0.2, 0.25) is 0 Å². The zero-order valence-corrected chi connectivity index (χ0v) is 17.2. The zero-order chi connectivity index (χ0) is 21.5. The fraction of sp³-hybridized carbons (Fsp3) is 0. The molecule has 0 radical (unpaired) electrons. The van der Waals surface area contributed by atoms with Crippen LogP contribution >= 0.6 is 23.2 Å². The number of anilines is 1. The smallest absolute Gasteiger partial charge is 0.264 e. The highest BCUT2D eigenvalue weighted by Gasteiger charge is 2.24. The van der Waals surface area contributed by atoms with Crippen molar-refractivity contribution in [1.29, 1.82) is 0 Å². The lowest BCUT2D eigenvalue weighted by Gasteiger charge is -2.11. The summed E-state index contributed by atoms with van der Waals surface area (Å²) >= 11 is 11.8. The monoisotopic (exact) mass is 468 g/mol. The molecule has 1 aromatic heterocycles. The summed E-state index contributed by atoms with van der Waals surface area (Å²) in [7, 11) is -4.28. The fourth-order valence-corrected chi connectivity index (χ4v) is 4.43. The number of aromatic amines is 1. The van der Waals surface area contributed by atoms with Gasteiger partial charge in [-0.25, -0.2) is 17.2 Å². The molecular weight excluding hydrogens is 457 g/mol. The lowest BCUT2D eigenvalue weighted by atomic mass is 10.2.